The molecule has 0 unspecified atom stereocenters. The van der Waals surface area contributed by atoms with Gasteiger partial charge in [0, 0.05) is 23.9 Å². The minimum absolute atomic E-state index is 0.0511. The molecule has 0 aromatic carbocycles. The highest BCUT2D eigenvalue weighted by molar-refractivity contribution is 7.92. The van der Waals surface area contributed by atoms with E-state index in [4.69, 9.17) is 0 Å². The van der Waals surface area contributed by atoms with Gasteiger partial charge >= 0.3 is 0 Å². The van der Waals surface area contributed by atoms with Gasteiger partial charge in [0.1, 0.15) is 0 Å². The molecule has 0 atom stereocenters. The van der Waals surface area contributed by atoms with Crippen molar-refractivity contribution >= 4 is 32.4 Å². The van der Waals surface area contributed by atoms with Crippen LogP contribution in [0.15, 0.2) is 24.3 Å². The van der Waals surface area contributed by atoms with Gasteiger partial charge in [0.05, 0.1) is 18.5 Å². The summed E-state index contributed by atoms with van der Waals surface area (Å²) in [7, 11) is -3.32. The Hall–Kier alpha value is -1.67. The van der Waals surface area contributed by atoms with Gasteiger partial charge in [0.25, 0.3) is 0 Å². The van der Waals surface area contributed by atoms with Gasteiger partial charge in [-0.3, -0.25) is 9.52 Å². The van der Waals surface area contributed by atoms with Gasteiger partial charge in [0.15, 0.2) is 5.13 Å². The highest BCUT2D eigenvalue weighted by Gasteiger charge is 2.23. The van der Waals surface area contributed by atoms with Crippen LogP contribution in [-0.2, 0) is 27.8 Å². The zero-order valence-electron chi connectivity index (χ0n) is 11.9. The maximum Gasteiger partial charge on any atom is 0.246 e. The largest absolute Gasteiger partial charge is 0.334 e. The van der Waals surface area contributed by atoms with Crippen molar-refractivity contribution in [3.63, 3.8) is 0 Å². The van der Waals surface area contributed by atoms with Crippen LogP contribution in [0.1, 0.15) is 17.5 Å². The Morgan fingerprint density at radius 3 is 2.86 bits per heavy atom. The third-order valence-corrected chi connectivity index (χ3v) is 4.55. The van der Waals surface area contributed by atoms with Crippen LogP contribution in [0.25, 0.3) is 0 Å². The monoisotopic (exact) mass is 327 g/mol. The lowest BCUT2D eigenvalue weighted by Crippen LogP contribution is -2.34. The average molecular weight is 327 g/mol. The Bertz CT molecular complexity index is 690. The van der Waals surface area contributed by atoms with E-state index in [0.29, 0.717) is 24.6 Å². The van der Waals surface area contributed by atoms with E-state index < -0.39 is 10.0 Å². The minimum Gasteiger partial charge on any atom is -0.334 e. The first kappa shape index (κ1) is 15.7. The van der Waals surface area contributed by atoms with E-state index in [1.54, 1.807) is 17.1 Å². The number of fused-ring (bicyclic) bond motifs is 1. The van der Waals surface area contributed by atoms with Gasteiger partial charge in [-0.2, -0.15) is 0 Å². The molecule has 1 amide bonds. The van der Waals surface area contributed by atoms with Crippen LogP contribution in [0.2, 0.25) is 0 Å². The van der Waals surface area contributed by atoms with E-state index in [1.807, 2.05) is 13.0 Å². The zero-order chi connectivity index (χ0) is 15.5. The van der Waals surface area contributed by atoms with Gasteiger partial charge in [-0.15, -0.1) is 0 Å². The smallest absolute Gasteiger partial charge is 0.246 e. The maximum atomic E-state index is 12.0. The molecule has 1 aromatic heterocycles. The molecular weight excluding hydrogens is 310 g/mol. The lowest BCUT2D eigenvalue weighted by molar-refractivity contribution is -0.126. The second kappa shape index (κ2) is 6.40. The summed E-state index contributed by atoms with van der Waals surface area (Å²) in [5.74, 6) is -0.0511. The van der Waals surface area contributed by atoms with Crippen LogP contribution < -0.4 is 4.72 Å². The van der Waals surface area contributed by atoms with Crippen molar-refractivity contribution < 1.29 is 13.2 Å². The zero-order valence-corrected chi connectivity index (χ0v) is 13.5. The number of allylic oxidation sites excluding steroid dienone is 3. The average Bonchev–Trinajstić information content (AvgIpc) is 2.77. The van der Waals surface area contributed by atoms with Crippen molar-refractivity contribution in [2.24, 2.45) is 0 Å². The summed E-state index contributed by atoms with van der Waals surface area (Å²) in [4.78, 5) is 18.9. The molecule has 0 bridgehead atoms. The fraction of sp³-hybridized carbons (Fsp3) is 0.385. The number of hydrogen-bond donors (Lipinski definition) is 1. The number of nitrogens with zero attached hydrogens (tertiary/aromatic N) is 2. The first-order valence-electron chi connectivity index (χ1n) is 6.43. The van der Waals surface area contributed by atoms with Gasteiger partial charge in [-0.05, 0) is 6.92 Å². The Morgan fingerprint density at radius 2 is 2.19 bits per heavy atom. The molecule has 2 heterocycles. The summed E-state index contributed by atoms with van der Waals surface area (Å²) in [6.45, 7) is 2.95. The first-order valence-corrected chi connectivity index (χ1v) is 9.14. The van der Waals surface area contributed by atoms with E-state index in [1.165, 1.54) is 17.4 Å². The van der Waals surface area contributed by atoms with Crippen LogP contribution in [0.5, 0.6) is 0 Å². The molecule has 0 aliphatic carbocycles. The number of hydrogen-bond acceptors (Lipinski definition) is 5. The lowest BCUT2D eigenvalue weighted by Gasteiger charge is -2.24. The number of rotatable bonds is 4. The Kier molecular flexibility index (Phi) is 4.79. The van der Waals surface area contributed by atoms with Crippen LogP contribution in [0, 0.1) is 0 Å². The molecule has 0 saturated carbocycles. The van der Waals surface area contributed by atoms with Crippen LogP contribution in [0.3, 0.4) is 0 Å². The molecule has 21 heavy (non-hydrogen) atoms. The second-order valence-corrected chi connectivity index (χ2v) is 7.49. The third kappa shape index (κ3) is 4.40. The van der Waals surface area contributed by atoms with Gasteiger partial charge < -0.3 is 4.90 Å². The highest BCUT2D eigenvalue weighted by atomic mass is 32.2. The third-order valence-electron chi connectivity index (χ3n) is 2.86. The van der Waals surface area contributed by atoms with Gasteiger partial charge in [0.2, 0.25) is 15.9 Å². The number of carbonyl (C=O) groups is 1. The SMILES string of the molecule is CC=CC=CC(=O)N1CCc2nc(NS(C)(=O)=O)sc2C1. The number of carbonyl (C=O) groups excluding carboxylic acids is 1. The molecule has 0 saturated heterocycles. The molecule has 1 aliphatic rings. The van der Waals surface area contributed by atoms with E-state index in [0.717, 1.165) is 16.8 Å². The van der Waals surface area contributed by atoms with Gasteiger partial charge in [-0.1, -0.05) is 29.6 Å². The summed E-state index contributed by atoms with van der Waals surface area (Å²) >= 11 is 1.28. The van der Waals surface area contributed by atoms with Crippen molar-refractivity contribution in [3.8, 4) is 0 Å². The molecule has 1 N–H and O–H groups in total. The topological polar surface area (TPSA) is 79.4 Å². The number of thiazole rings is 1. The summed E-state index contributed by atoms with van der Waals surface area (Å²) in [6, 6.07) is 0. The standard InChI is InChI=1S/C13H17N3O3S2/c1-3-4-5-6-12(17)16-8-7-10-11(9-16)20-13(14-10)15-21(2,18)19/h3-6H,7-9H2,1-2H3,(H,14,15). The predicted molar refractivity (Wildman–Crippen MR) is 83.7 cm³/mol. The number of aromatic nitrogens is 1. The molecule has 1 aliphatic heterocycles. The van der Waals surface area contributed by atoms with Crippen molar-refractivity contribution in [2.45, 2.75) is 19.9 Å². The number of sulfonamides is 1. The number of nitrogens with one attached hydrogen (secondary N) is 1. The molecule has 6 nitrogen and oxygen atoms in total. The molecule has 1 aromatic rings. The number of anilines is 1. The van der Waals surface area contributed by atoms with E-state index in [2.05, 4.69) is 9.71 Å². The van der Waals surface area contributed by atoms with E-state index in [9.17, 15) is 13.2 Å². The lowest BCUT2D eigenvalue weighted by atomic mass is 10.2. The van der Waals surface area contributed by atoms with Crippen molar-refractivity contribution in [2.75, 3.05) is 17.5 Å². The minimum atomic E-state index is -3.32. The van der Waals surface area contributed by atoms with Crippen LogP contribution in [-0.4, -0.2) is 37.0 Å². The molecule has 114 valence electrons. The van der Waals surface area contributed by atoms with Gasteiger partial charge in [-0.25, -0.2) is 13.4 Å². The summed E-state index contributed by atoms with van der Waals surface area (Å²) < 4.78 is 24.8. The van der Waals surface area contributed by atoms with E-state index >= 15 is 0 Å². The summed E-state index contributed by atoms with van der Waals surface area (Å²) in [6.07, 6.45) is 8.62. The van der Waals surface area contributed by atoms with E-state index in [-0.39, 0.29) is 5.91 Å². The summed E-state index contributed by atoms with van der Waals surface area (Å²) in [5.41, 5.74) is 0.868. The Balaban J connectivity index is 2.08. The fourth-order valence-corrected chi connectivity index (χ4v) is 3.80. The first-order chi connectivity index (χ1) is 9.89. The quantitative estimate of drug-likeness (QED) is 0.672. The van der Waals surface area contributed by atoms with Crippen LogP contribution in [0.4, 0.5) is 5.13 Å². The Morgan fingerprint density at radius 1 is 1.43 bits per heavy atom. The van der Waals surface area contributed by atoms with Crippen molar-refractivity contribution in [1.29, 1.82) is 0 Å². The second-order valence-electron chi connectivity index (χ2n) is 4.66. The molecule has 0 radical (unpaired) electrons. The molecule has 8 heteroatoms. The highest BCUT2D eigenvalue weighted by Crippen LogP contribution is 2.28. The normalized spacial score (nSPS) is 15.6. The van der Waals surface area contributed by atoms with Crippen molar-refractivity contribution in [1.82, 2.24) is 9.88 Å². The molecular formula is C13H17N3O3S2. The maximum absolute atomic E-state index is 12.0. The Labute approximate surface area is 128 Å². The molecule has 2 rings (SSSR count). The van der Waals surface area contributed by atoms with Crippen LogP contribution >= 0.6 is 11.3 Å². The predicted octanol–water partition coefficient (Wildman–Crippen LogP) is 1.53. The fourth-order valence-electron chi connectivity index (χ4n) is 1.94. The number of amides is 1. The molecule has 0 spiro atoms. The molecule has 0 fully saturated rings. The summed E-state index contributed by atoms with van der Waals surface area (Å²) in [5, 5.41) is 0.362. The van der Waals surface area contributed by atoms with Crippen molar-refractivity contribution in [3.05, 3.63) is 34.9 Å².